The molecule has 1 aromatic heterocycles. The van der Waals surface area contributed by atoms with Gasteiger partial charge in [-0.1, -0.05) is 23.9 Å². The molecule has 0 atom stereocenters. The van der Waals surface area contributed by atoms with Crippen molar-refractivity contribution in [2.45, 2.75) is 5.16 Å². The molecule has 8 nitrogen and oxygen atoms in total. The Balaban J connectivity index is 1.53. The number of hydrazone groups is 1. The van der Waals surface area contributed by atoms with Crippen molar-refractivity contribution in [3.63, 3.8) is 0 Å². The predicted molar refractivity (Wildman–Crippen MR) is 133 cm³/mol. The molecular formula is C25H22N4O4S. The Morgan fingerprint density at radius 1 is 1.00 bits per heavy atom. The Morgan fingerprint density at radius 2 is 1.65 bits per heavy atom. The van der Waals surface area contributed by atoms with Gasteiger partial charge >= 0.3 is 0 Å². The highest BCUT2D eigenvalue weighted by atomic mass is 32.2. The number of carbonyl (C=O) groups excluding carboxylic acids is 1. The molecule has 34 heavy (non-hydrogen) atoms. The number of fused-ring (bicyclic) bond motifs is 1. The highest BCUT2D eigenvalue weighted by molar-refractivity contribution is 7.99. The molecule has 1 amide bonds. The quantitative estimate of drug-likeness (QED) is 0.181. The van der Waals surface area contributed by atoms with Gasteiger partial charge in [-0.2, -0.15) is 5.10 Å². The maximum atomic E-state index is 13.3. The minimum atomic E-state index is -0.321. The fraction of sp³-hybridized carbons (Fsp3) is 0.120. The highest BCUT2D eigenvalue weighted by Crippen LogP contribution is 2.22. The monoisotopic (exact) mass is 474 g/mol. The summed E-state index contributed by atoms with van der Waals surface area (Å²) < 4.78 is 11.8. The largest absolute Gasteiger partial charge is 0.497 e. The Labute approximate surface area is 200 Å². The van der Waals surface area contributed by atoms with Crippen LogP contribution in [-0.2, 0) is 4.79 Å². The minimum Gasteiger partial charge on any atom is -0.497 e. The number of nitrogens with zero attached hydrogens (tertiary/aromatic N) is 3. The highest BCUT2D eigenvalue weighted by Gasteiger charge is 2.15. The molecule has 0 saturated heterocycles. The minimum absolute atomic E-state index is 0.0287. The Hall–Kier alpha value is -4.11. The van der Waals surface area contributed by atoms with Crippen molar-refractivity contribution in [2.75, 3.05) is 20.0 Å². The molecule has 0 aliphatic carbocycles. The van der Waals surface area contributed by atoms with E-state index in [2.05, 4.69) is 15.5 Å². The van der Waals surface area contributed by atoms with E-state index in [0.29, 0.717) is 27.5 Å². The van der Waals surface area contributed by atoms with Gasteiger partial charge in [0.1, 0.15) is 11.5 Å². The summed E-state index contributed by atoms with van der Waals surface area (Å²) in [5, 5.41) is 4.90. The van der Waals surface area contributed by atoms with Crippen molar-refractivity contribution < 1.29 is 14.3 Å². The lowest BCUT2D eigenvalue weighted by Gasteiger charge is -2.13. The molecule has 0 fully saturated rings. The van der Waals surface area contributed by atoms with Gasteiger partial charge in [-0.3, -0.25) is 14.2 Å². The van der Waals surface area contributed by atoms with Crippen LogP contribution in [0.5, 0.6) is 11.5 Å². The van der Waals surface area contributed by atoms with Crippen LogP contribution in [-0.4, -0.2) is 41.6 Å². The molecule has 0 aliphatic rings. The van der Waals surface area contributed by atoms with Crippen LogP contribution in [0, 0.1) is 0 Å². The summed E-state index contributed by atoms with van der Waals surface area (Å²) >= 11 is 1.16. The number of rotatable bonds is 8. The van der Waals surface area contributed by atoms with E-state index in [9.17, 15) is 9.59 Å². The van der Waals surface area contributed by atoms with Gasteiger partial charge < -0.3 is 9.47 Å². The Kier molecular flexibility index (Phi) is 7.24. The van der Waals surface area contributed by atoms with Crippen molar-refractivity contribution in [3.8, 4) is 17.2 Å². The number of amides is 1. The number of hydrogen-bond donors (Lipinski definition) is 1. The van der Waals surface area contributed by atoms with Crippen LogP contribution in [0.3, 0.4) is 0 Å². The normalized spacial score (nSPS) is 11.0. The SMILES string of the molecule is COc1ccc(/C=N/NC(=O)CSc2nc3ccccc3c(=O)n2-c2ccc(OC)cc2)cc1. The number of para-hydroxylation sites is 1. The molecule has 3 aromatic carbocycles. The van der Waals surface area contributed by atoms with Crippen LogP contribution in [0.4, 0.5) is 0 Å². The second kappa shape index (κ2) is 10.7. The summed E-state index contributed by atoms with van der Waals surface area (Å²) in [6.45, 7) is 0. The number of carbonyl (C=O) groups is 1. The zero-order valence-corrected chi connectivity index (χ0v) is 19.4. The maximum absolute atomic E-state index is 13.3. The fourth-order valence-electron chi connectivity index (χ4n) is 3.20. The number of thioether (sulfide) groups is 1. The standard InChI is InChI=1S/C25H22N4O4S/c1-32-19-11-7-17(8-12-19)15-26-28-23(30)16-34-25-27-22-6-4-3-5-21(22)24(31)29(25)18-9-13-20(33-2)14-10-18/h3-15H,16H2,1-2H3,(H,28,30)/b26-15+. The number of hydrogen-bond acceptors (Lipinski definition) is 7. The number of ether oxygens (including phenoxy) is 2. The maximum Gasteiger partial charge on any atom is 0.266 e. The van der Waals surface area contributed by atoms with E-state index in [1.165, 1.54) is 4.57 Å². The van der Waals surface area contributed by atoms with Crippen molar-refractivity contribution >= 4 is 34.8 Å². The first-order valence-electron chi connectivity index (χ1n) is 10.3. The van der Waals surface area contributed by atoms with Gasteiger partial charge in [-0.15, -0.1) is 0 Å². The molecular weight excluding hydrogens is 452 g/mol. The number of methoxy groups -OCH3 is 2. The third-order valence-corrected chi connectivity index (χ3v) is 5.87. The molecule has 4 rings (SSSR count). The summed E-state index contributed by atoms with van der Waals surface area (Å²) in [7, 11) is 3.18. The zero-order chi connectivity index (χ0) is 23.9. The van der Waals surface area contributed by atoms with E-state index in [1.54, 1.807) is 62.9 Å². The van der Waals surface area contributed by atoms with Crippen molar-refractivity contribution in [1.82, 2.24) is 15.0 Å². The van der Waals surface area contributed by atoms with Crippen LogP contribution < -0.4 is 20.5 Å². The zero-order valence-electron chi connectivity index (χ0n) is 18.6. The third-order valence-electron chi connectivity index (χ3n) is 4.93. The predicted octanol–water partition coefficient (Wildman–Crippen LogP) is 3.65. The molecule has 0 aliphatic heterocycles. The van der Waals surface area contributed by atoms with Crippen molar-refractivity contribution in [3.05, 3.63) is 88.7 Å². The Bertz CT molecular complexity index is 1380. The van der Waals surface area contributed by atoms with Gasteiger partial charge in [-0.25, -0.2) is 10.4 Å². The second-order valence-electron chi connectivity index (χ2n) is 7.11. The first-order chi connectivity index (χ1) is 16.6. The molecule has 1 N–H and O–H groups in total. The first-order valence-corrected chi connectivity index (χ1v) is 11.3. The third kappa shape index (κ3) is 5.26. The summed E-state index contributed by atoms with van der Waals surface area (Å²) in [4.78, 5) is 30.3. The van der Waals surface area contributed by atoms with Crippen molar-refractivity contribution in [2.24, 2.45) is 5.10 Å². The number of benzene rings is 3. The second-order valence-corrected chi connectivity index (χ2v) is 8.05. The summed E-state index contributed by atoms with van der Waals surface area (Å²) in [5.74, 6) is 1.12. The van der Waals surface area contributed by atoms with E-state index >= 15 is 0 Å². The van der Waals surface area contributed by atoms with E-state index in [1.807, 2.05) is 30.3 Å². The van der Waals surface area contributed by atoms with Gasteiger partial charge in [0.25, 0.3) is 11.5 Å². The molecule has 0 bridgehead atoms. The summed E-state index contributed by atoms with van der Waals surface area (Å²) in [5.41, 5.74) is 4.31. The molecule has 0 saturated carbocycles. The molecule has 4 aromatic rings. The van der Waals surface area contributed by atoms with E-state index < -0.39 is 0 Å². The molecule has 0 unspecified atom stereocenters. The smallest absolute Gasteiger partial charge is 0.266 e. The van der Waals surface area contributed by atoms with Crippen molar-refractivity contribution in [1.29, 1.82) is 0 Å². The summed E-state index contributed by atoms with van der Waals surface area (Å²) in [6.07, 6.45) is 1.55. The molecule has 0 radical (unpaired) electrons. The van der Waals surface area contributed by atoms with Crippen LogP contribution in [0.25, 0.3) is 16.6 Å². The fourth-order valence-corrected chi connectivity index (χ4v) is 4.00. The average Bonchev–Trinajstić information content (AvgIpc) is 2.88. The first kappa shape index (κ1) is 23.1. The van der Waals surface area contributed by atoms with E-state index in [0.717, 1.165) is 23.1 Å². The molecule has 172 valence electrons. The lowest BCUT2D eigenvalue weighted by Crippen LogP contribution is -2.24. The lowest BCUT2D eigenvalue weighted by atomic mass is 10.2. The van der Waals surface area contributed by atoms with Gasteiger partial charge in [0.05, 0.1) is 42.8 Å². The van der Waals surface area contributed by atoms with Gasteiger partial charge in [-0.05, 0) is 66.2 Å². The van der Waals surface area contributed by atoms with Crippen LogP contribution in [0.2, 0.25) is 0 Å². The van der Waals surface area contributed by atoms with E-state index in [-0.39, 0.29) is 17.2 Å². The summed E-state index contributed by atoms with van der Waals surface area (Å²) in [6, 6.07) is 21.5. The van der Waals surface area contributed by atoms with Gasteiger partial charge in [0, 0.05) is 0 Å². The van der Waals surface area contributed by atoms with Crippen LogP contribution >= 0.6 is 11.8 Å². The molecule has 9 heteroatoms. The average molecular weight is 475 g/mol. The topological polar surface area (TPSA) is 94.8 Å². The molecule has 0 spiro atoms. The van der Waals surface area contributed by atoms with Crippen LogP contribution in [0.15, 0.2) is 87.8 Å². The van der Waals surface area contributed by atoms with Crippen LogP contribution in [0.1, 0.15) is 5.56 Å². The van der Waals surface area contributed by atoms with E-state index in [4.69, 9.17) is 9.47 Å². The Morgan fingerprint density at radius 3 is 2.32 bits per heavy atom. The lowest BCUT2D eigenvalue weighted by molar-refractivity contribution is -0.118. The van der Waals surface area contributed by atoms with Gasteiger partial charge in [0.15, 0.2) is 5.16 Å². The molecule has 1 heterocycles. The number of aromatic nitrogens is 2. The van der Waals surface area contributed by atoms with Gasteiger partial charge in [0.2, 0.25) is 0 Å². The number of nitrogens with one attached hydrogen (secondary N) is 1.